The predicted molar refractivity (Wildman–Crippen MR) is 88.2 cm³/mol. The van der Waals surface area contributed by atoms with E-state index in [1.54, 1.807) is 12.3 Å². The smallest absolute Gasteiger partial charge is 0.197 e. The molecule has 0 saturated carbocycles. The number of pyridine rings is 1. The van der Waals surface area contributed by atoms with Crippen LogP contribution in [0.4, 0.5) is 4.39 Å². The summed E-state index contributed by atoms with van der Waals surface area (Å²) in [6.07, 6.45) is 5.95. The number of aliphatic imine (C=N–C) groups is 1. The van der Waals surface area contributed by atoms with E-state index >= 15 is 0 Å². The van der Waals surface area contributed by atoms with Gasteiger partial charge in [0, 0.05) is 51.0 Å². The van der Waals surface area contributed by atoms with Crippen molar-refractivity contribution in [3.8, 4) is 0 Å². The van der Waals surface area contributed by atoms with Crippen LogP contribution >= 0.6 is 0 Å². The molecule has 7 heteroatoms. The van der Waals surface area contributed by atoms with E-state index in [1.165, 1.54) is 12.3 Å². The van der Waals surface area contributed by atoms with Crippen molar-refractivity contribution in [2.24, 2.45) is 10.7 Å². The van der Waals surface area contributed by atoms with Crippen LogP contribution in [0.3, 0.4) is 0 Å². The Kier molecular flexibility index (Phi) is 4.88. The molecular weight excluding hydrogens is 295 g/mol. The first kappa shape index (κ1) is 15.9. The normalized spacial score (nSPS) is 23.1. The van der Waals surface area contributed by atoms with Crippen LogP contribution in [0.5, 0.6) is 0 Å². The first-order valence-electron chi connectivity index (χ1n) is 7.93. The molecule has 124 valence electrons. The molecule has 3 rings (SSSR count). The summed E-state index contributed by atoms with van der Waals surface area (Å²) in [7, 11) is 2.14. The molecule has 0 aliphatic carbocycles. The quantitative estimate of drug-likeness (QED) is 0.875. The molecule has 0 spiro atoms. The van der Waals surface area contributed by atoms with Gasteiger partial charge in [0.05, 0.1) is 6.20 Å². The second kappa shape index (κ2) is 7.06. The third-order valence-electron chi connectivity index (χ3n) is 4.39. The van der Waals surface area contributed by atoms with Crippen LogP contribution in [0.1, 0.15) is 5.69 Å². The Hall–Kier alpha value is -1.99. The summed E-state index contributed by atoms with van der Waals surface area (Å²) in [4.78, 5) is 15.2. The van der Waals surface area contributed by atoms with Gasteiger partial charge in [0.25, 0.3) is 0 Å². The molecule has 0 radical (unpaired) electrons. The molecule has 1 aromatic rings. The predicted octanol–water partition coefficient (Wildman–Crippen LogP) is 0.481. The minimum absolute atomic E-state index is 0.127. The highest BCUT2D eigenvalue weighted by Gasteiger charge is 2.28. The van der Waals surface area contributed by atoms with Crippen molar-refractivity contribution in [3.63, 3.8) is 0 Å². The average Bonchev–Trinajstić information content (AvgIpc) is 2.56. The maximum Gasteiger partial charge on any atom is 0.197 e. The van der Waals surface area contributed by atoms with Crippen molar-refractivity contribution in [1.82, 2.24) is 19.7 Å². The second-order valence-corrected chi connectivity index (χ2v) is 5.99. The molecule has 0 bridgehead atoms. The van der Waals surface area contributed by atoms with E-state index in [0.29, 0.717) is 18.9 Å². The van der Waals surface area contributed by atoms with E-state index in [1.807, 2.05) is 0 Å². The molecule has 1 unspecified atom stereocenters. The SMILES string of the molecule is CN1CCN(C2C=CN=C(N)N2CCc2ccc(F)cn2)CC1. The fraction of sp³-hybridized carbons (Fsp3) is 0.500. The molecule has 2 aliphatic rings. The molecule has 0 amide bonds. The monoisotopic (exact) mass is 318 g/mol. The number of hydrogen-bond acceptors (Lipinski definition) is 6. The third kappa shape index (κ3) is 3.86. The Labute approximate surface area is 136 Å². The molecule has 6 nitrogen and oxygen atoms in total. The van der Waals surface area contributed by atoms with Crippen LogP contribution in [0, 0.1) is 5.82 Å². The highest BCUT2D eigenvalue weighted by Crippen LogP contribution is 2.15. The third-order valence-corrected chi connectivity index (χ3v) is 4.39. The molecule has 1 aromatic heterocycles. The fourth-order valence-electron chi connectivity index (χ4n) is 2.95. The van der Waals surface area contributed by atoms with Gasteiger partial charge in [-0.2, -0.15) is 0 Å². The lowest BCUT2D eigenvalue weighted by molar-refractivity contribution is 0.0720. The lowest BCUT2D eigenvalue weighted by Crippen LogP contribution is -2.58. The number of hydrogen-bond donors (Lipinski definition) is 1. The number of likely N-dealkylation sites (N-methyl/N-ethyl adjacent to an activating group) is 1. The fourth-order valence-corrected chi connectivity index (χ4v) is 2.95. The van der Waals surface area contributed by atoms with Crippen molar-refractivity contribution in [1.29, 1.82) is 0 Å². The maximum absolute atomic E-state index is 12.9. The molecular formula is C16H23FN6. The zero-order chi connectivity index (χ0) is 16.2. The summed E-state index contributed by atoms with van der Waals surface area (Å²) in [6.45, 7) is 4.81. The van der Waals surface area contributed by atoms with E-state index in [0.717, 1.165) is 31.9 Å². The van der Waals surface area contributed by atoms with Crippen molar-refractivity contribution >= 4 is 5.96 Å². The van der Waals surface area contributed by atoms with Gasteiger partial charge in [-0.25, -0.2) is 9.38 Å². The Morgan fingerprint density at radius 3 is 2.74 bits per heavy atom. The Balaban J connectivity index is 1.65. The van der Waals surface area contributed by atoms with Gasteiger partial charge in [0.15, 0.2) is 5.96 Å². The molecule has 1 atom stereocenters. The number of nitrogens with two attached hydrogens (primary N) is 1. The molecule has 0 aromatic carbocycles. The van der Waals surface area contributed by atoms with E-state index in [4.69, 9.17) is 5.73 Å². The van der Waals surface area contributed by atoms with Gasteiger partial charge in [-0.1, -0.05) is 0 Å². The first-order chi connectivity index (χ1) is 11.1. The summed E-state index contributed by atoms with van der Waals surface area (Å²) >= 11 is 0. The van der Waals surface area contributed by atoms with Crippen LogP contribution in [0.15, 0.2) is 35.6 Å². The van der Waals surface area contributed by atoms with Gasteiger partial charge in [-0.05, 0) is 25.3 Å². The zero-order valence-electron chi connectivity index (χ0n) is 13.4. The topological polar surface area (TPSA) is 61.0 Å². The molecule has 3 heterocycles. The van der Waals surface area contributed by atoms with Crippen LogP contribution in [0.2, 0.25) is 0 Å². The molecule has 2 aliphatic heterocycles. The van der Waals surface area contributed by atoms with Crippen molar-refractivity contribution in [2.75, 3.05) is 39.8 Å². The average molecular weight is 318 g/mol. The van der Waals surface area contributed by atoms with Crippen LogP contribution in [-0.4, -0.2) is 71.6 Å². The number of aromatic nitrogens is 1. The van der Waals surface area contributed by atoms with E-state index < -0.39 is 0 Å². The number of piperazine rings is 1. The highest BCUT2D eigenvalue weighted by atomic mass is 19.1. The molecule has 1 fully saturated rings. The number of guanidine groups is 1. The summed E-state index contributed by atoms with van der Waals surface area (Å²) in [5, 5.41) is 0. The lowest BCUT2D eigenvalue weighted by Gasteiger charge is -2.43. The van der Waals surface area contributed by atoms with Crippen LogP contribution in [0.25, 0.3) is 0 Å². The lowest BCUT2D eigenvalue weighted by atomic mass is 10.2. The van der Waals surface area contributed by atoms with Gasteiger partial charge in [-0.15, -0.1) is 0 Å². The second-order valence-electron chi connectivity index (χ2n) is 5.99. The first-order valence-corrected chi connectivity index (χ1v) is 7.93. The van der Waals surface area contributed by atoms with Crippen LogP contribution < -0.4 is 5.73 Å². The summed E-state index contributed by atoms with van der Waals surface area (Å²) < 4.78 is 12.9. The standard InChI is InChI=1S/C16H23FN6/c1-21-8-10-22(11-9-21)15-4-6-19-16(18)23(15)7-5-14-3-2-13(17)12-20-14/h2-4,6,12,15H,5,7-11H2,1H3,(H2,18,19). The van der Waals surface area contributed by atoms with Gasteiger partial charge in [0.2, 0.25) is 0 Å². The number of rotatable bonds is 4. The van der Waals surface area contributed by atoms with Crippen LogP contribution in [-0.2, 0) is 6.42 Å². The summed E-state index contributed by atoms with van der Waals surface area (Å²) in [5.74, 6) is 0.213. The van der Waals surface area contributed by atoms with Gasteiger partial charge >= 0.3 is 0 Å². The summed E-state index contributed by atoms with van der Waals surface area (Å²) in [6, 6.07) is 3.15. The van der Waals surface area contributed by atoms with E-state index in [-0.39, 0.29) is 12.0 Å². The maximum atomic E-state index is 12.9. The minimum Gasteiger partial charge on any atom is -0.369 e. The van der Waals surface area contributed by atoms with Crippen molar-refractivity contribution in [3.05, 3.63) is 42.1 Å². The summed E-state index contributed by atoms with van der Waals surface area (Å²) in [5.41, 5.74) is 6.95. The number of halogens is 1. The number of nitrogens with zero attached hydrogens (tertiary/aromatic N) is 5. The molecule has 23 heavy (non-hydrogen) atoms. The van der Waals surface area contributed by atoms with Crippen molar-refractivity contribution < 1.29 is 4.39 Å². The van der Waals surface area contributed by atoms with Gasteiger partial charge in [0.1, 0.15) is 12.0 Å². The Morgan fingerprint density at radius 2 is 2.04 bits per heavy atom. The van der Waals surface area contributed by atoms with E-state index in [9.17, 15) is 4.39 Å². The van der Waals surface area contributed by atoms with Gasteiger partial charge in [-0.3, -0.25) is 9.88 Å². The highest BCUT2D eigenvalue weighted by molar-refractivity contribution is 5.80. The largest absolute Gasteiger partial charge is 0.369 e. The Morgan fingerprint density at radius 1 is 1.26 bits per heavy atom. The molecule has 1 saturated heterocycles. The van der Waals surface area contributed by atoms with Gasteiger partial charge < -0.3 is 15.5 Å². The Bertz CT molecular complexity index is 577. The van der Waals surface area contributed by atoms with Crippen molar-refractivity contribution in [2.45, 2.75) is 12.6 Å². The molecule has 2 N–H and O–H groups in total. The zero-order valence-corrected chi connectivity index (χ0v) is 13.4. The minimum atomic E-state index is -0.314. The van der Waals surface area contributed by atoms with E-state index in [2.05, 4.69) is 37.8 Å².